The highest BCUT2D eigenvalue weighted by molar-refractivity contribution is 7.15. The van der Waals surface area contributed by atoms with Gasteiger partial charge in [0.05, 0.1) is 4.88 Å². The molecule has 6 heteroatoms. The Bertz CT molecular complexity index is 463. The fourth-order valence-corrected chi connectivity index (χ4v) is 3.07. The third-order valence-electron chi connectivity index (χ3n) is 3.48. The highest BCUT2D eigenvalue weighted by Gasteiger charge is 2.23. The Morgan fingerprint density at radius 3 is 2.37 bits per heavy atom. The van der Waals surface area contributed by atoms with Crippen molar-refractivity contribution < 1.29 is 19.8 Å². The van der Waals surface area contributed by atoms with Crippen LogP contribution in [0, 0.1) is 5.92 Å². The second-order valence-corrected chi connectivity index (χ2v) is 5.93. The summed E-state index contributed by atoms with van der Waals surface area (Å²) >= 11 is 0.991. The van der Waals surface area contributed by atoms with Gasteiger partial charge in [-0.1, -0.05) is 0 Å². The average Bonchev–Trinajstić information content (AvgIpc) is 2.89. The van der Waals surface area contributed by atoms with E-state index in [1.165, 1.54) is 6.07 Å². The number of carbonyl (C=O) groups is 2. The van der Waals surface area contributed by atoms with Crippen molar-refractivity contribution in [2.75, 3.05) is 6.61 Å². The zero-order valence-corrected chi connectivity index (χ0v) is 11.3. The van der Waals surface area contributed by atoms with Crippen molar-refractivity contribution >= 4 is 23.2 Å². The predicted molar refractivity (Wildman–Crippen MR) is 71.6 cm³/mol. The number of carboxylic acid groups (broad SMARTS) is 1. The van der Waals surface area contributed by atoms with E-state index in [0.717, 1.165) is 37.0 Å². The minimum absolute atomic E-state index is 0.130. The van der Waals surface area contributed by atoms with Gasteiger partial charge in [-0.2, -0.15) is 0 Å². The summed E-state index contributed by atoms with van der Waals surface area (Å²) in [5.41, 5.74) is 0. The van der Waals surface area contributed by atoms with Crippen molar-refractivity contribution in [2.24, 2.45) is 5.92 Å². The Hall–Kier alpha value is -1.40. The van der Waals surface area contributed by atoms with Gasteiger partial charge in [0.2, 0.25) is 0 Å². The fraction of sp³-hybridized carbons (Fsp3) is 0.538. The maximum Gasteiger partial charge on any atom is 0.345 e. The van der Waals surface area contributed by atoms with Gasteiger partial charge in [0.15, 0.2) is 0 Å². The highest BCUT2D eigenvalue weighted by atomic mass is 32.1. The number of carboxylic acids is 1. The first kappa shape index (κ1) is 14.0. The minimum atomic E-state index is -1.01. The summed E-state index contributed by atoms with van der Waals surface area (Å²) in [6.45, 7) is 0.216. The maximum absolute atomic E-state index is 12.0. The van der Waals surface area contributed by atoms with Crippen LogP contribution >= 0.6 is 11.3 Å². The van der Waals surface area contributed by atoms with Crippen LogP contribution in [0.4, 0.5) is 0 Å². The molecule has 1 heterocycles. The zero-order valence-electron chi connectivity index (χ0n) is 10.5. The lowest BCUT2D eigenvalue weighted by atomic mass is 9.86. The van der Waals surface area contributed by atoms with Gasteiger partial charge in [-0.3, -0.25) is 4.79 Å². The van der Waals surface area contributed by atoms with Crippen molar-refractivity contribution in [3.63, 3.8) is 0 Å². The average molecular weight is 283 g/mol. The van der Waals surface area contributed by atoms with E-state index in [9.17, 15) is 9.59 Å². The van der Waals surface area contributed by atoms with Gasteiger partial charge in [0, 0.05) is 12.6 Å². The number of hydrogen-bond acceptors (Lipinski definition) is 4. The molecule has 3 N–H and O–H groups in total. The molecule has 0 atom stereocenters. The topological polar surface area (TPSA) is 86.6 Å². The van der Waals surface area contributed by atoms with E-state index in [-0.39, 0.29) is 23.4 Å². The summed E-state index contributed by atoms with van der Waals surface area (Å²) in [5.74, 6) is -0.856. The van der Waals surface area contributed by atoms with E-state index in [1.807, 2.05) is 0 Å². The third kappa shape index (κ3) is 3.54. The van der Waals surface area contributed by atoms with Crippen molar-refractivity contribution in [3.8, 4) is 0 Å². The van der Waals surface area contributed by atoms with Crippen molar-refractivity contribution in [1.29, 1.82) is 0 Å². The maximum atomic E-state index is 12.0. The van der Waals surface area contributed by atoms with Crippen LogP contribution in [0.25, 0.3) is 0 Å². The summed E-state index contributed by atoms with van der Waals surface area (Å²) < 4.78 is 0. The van der Waals surface area contributed by atoms with E-state index in [2.05, 4.69) is 5.32 Å². The van der Waals surface area contributed by atoms with E-state index in [1.54, 1.807) is 6.07 Å². The van der Waals surface area contributed by atoms with Gasteiger partial charge in [-0.25, -0.2) is 4.79 Å². The predicted octanol–water partition coefficient (Wildman–Crippen LogP) is 1.73. The molecule has 104 valence electrons. The van der Waals surface area contributed by atoms with Gasteiger partial charge in [-0.15, -0.1) is 11.3 Å². The molecule has 0 bridgehead atoms. The standard InChI is InChI=1S/C13H17NO4S/c15-7-8-1-3-9(4-2-8)14-12(16)10-5-6-11(19-10)13(17)18/h5-6,8-9,15H,1-4,7H2,(H,14,16)(H,17,18). The molecule has 0 radical (unpaired) electrons. The Balaban J connectivity index is 1.88. The lowest BCUT2D eigenvalue weighted by Gasteiger charge is -2.27. The number of thiophene rings is 1. The highest BCUT2D eigenvalue weighted by Crippen LogP contribution is 2.24. The van der Waals surface area contributed by atoms with Crippen LogP contribution in [0.3, 0.4) is 0 Å². The second kappa shape index (κ2) is 6.16. The number of aliphatic hydroxyl groups is 1. The lowest BCUT2D eigenvalue weighted by molar-refractivity contribution is 0.0702. The first-order valence-electron chi connectivity index (χ1n) is 6.35. The number of aromatic carboxylic acids is 1. The molecule has 1 fully saturated rings. The molecule has 0 aromatic carbocycles. The molecule has 1 aromatic heterocycles. The zero-order chi connectivity index (χ0) is 13.8. The quantitative estimate of drug-likeness (QED) is 0.785. The van der Waals surface area contributed by atoms with Crippen molar-refractivity contribution in [2.45, 2.75) is 31.7 Å². The van der Waals surface area contributed by atoms with Crippen LogP contribution < -0.4 is 5.32 Å². The molecule has 0 aliphatic heterocycles. The SMILES string of the molecule is O=C(O)c1ccc(C(=O)NC2CCC(CO)CC2)s1. The Morgan fingerprint density at radius 1 is 1.21 bits per heavy atom. The van der Waals surface area contributed by atoms with Crippen LogP contribution in [-0.4, -0.2) is 34.7 Å². The molecule has 1 saturated carbocycles. The summed E-state index contributed by atoms with van der Waals surface area (Å²) in [7, 11) is 0. The molecule has 1 aromatic rings. The van der Waals surface area contributed by atoms with E-state index in [0.29, 0.717) is 10.8 Å². The number of aliphatic hydroxyl groups excluding tert-OH is 1. The molecular formula is C13H17NO4S. The Morgan fingerprint density at radius 2 is 1.84 bits per heavy atom. The summed E-state index contributed by atoms with van der Waals surface area (Å²) in [4.78, 5) is 23.3. The van der Waals surface area contributed by atoms with Crippen LogP contribution in [0.5, 0.6) is 0 Å². The number of hydrogen-bond donors (Lipinski definition) is 3. The van der Waals surface area contributed by atoms with Gasteiger partial charge >= 0.3 is 5.97 Å². The molecule has 1 aliphatic rings. The lowest BCUT2D eigenvalue weighted by Crippen LogP contribution is -2.37. The van der Waals surface area contributed by atoms with Crippen molar-refractivity contribution in [3.05, 3.63) is 21.9 Å². The molecule has 0 spiro atoms. The number of amides is 1. The molecule has 19 heavy (non-hydrogen) atoms. The van der Waals surface area contributed by atoms with Gasteiger partial charge in [0.25, 0.3) is 5.91 Å². The van der Waals surface area contributed by atoms with Crippen LogP contribution in [0.1, 0.15) is 45.0 Å². The monoisotopic (exact) mass is 283 g/mol. The number of carbonyl (C=O) groups excluding carboxylic acids is 1. The Labute approximate surface area is 115 Å². The van der Waals surface area contributed by atoms with Crippen molar-refractivity contribution in [1.82, 2.24) is 5.32 Å². The molecule has 1 amide bonds. The van der Waals surface area contributed by atoms with E-state index < -0.39 is 5.97 Å². The summed E-state index contributed by atoms with van der Waals surface area (Å²) in [6.07, 6.45) is 3.58. The number of nitrogens with one attached hydrogen (secondary N) is 1. The molecule has 5 nitrogen and oxygen atoms in total. The molecule has 0 unspecified atom stereocenters. The van der Waals surface area contributed by atoms with Gasteiger partial charge in [-0.05, 0) is 43.7 Å². The van der Waals surface area contributed by atoms with Gasteiger partial charge < -0.3 is 15.5 Å². The first-order chi connectivity index (χ1) is 9.10. The molecule has 2 rings (SSSR count). The fourth-order valence-electron chi connectivity index (χ4n) is 2.32. The summed E-state index contributed by atoms with van der Waals surface area (Å²) in [5, 5.41) is 20.8. The van der Waals surface area contributed by atoms with Crippen LogP contribution in [0.15, 0.2) is 12.1 Å². The molecular weight excluding hydrogens is 266 g/mol. The van der Waals surface area contributed by atoms with E-state index >= 15 is 0 Å². The smallest absolute Gasteiger partial charge is 0.345 e. The normalized spacial score (nSPS) is 23.0. The molecule has 0 saturated heterocycles. The molecule has 1 aliphatic carbocycles. The minimum Gasteiger partial charge on any atom is -0.477 e. The second-order valence-electron chi connectivity index (χ2n) is 4.84. The summed E-state index contributed by atoms with van der Waals surface area (Å²) in [6, 6.07) is 3.12. The largest absolute Gasteiger partial charge is 0.477 e. The first-order valence-corrected chi connectivity index (χ1v) is 7.16. The van der Waals surface area contributed by atoms with Gasteiger partial charge in [0.1, 0.15) is 4.88 Å². The Kier molecular flexibility index (Phi) is 4.55. The third-order valence-corrected chi connectivity index (χ3v) is 4.55. The van der Waals surface area contributed by atoms with Crippen LogP contribution in [-0.2, 0) is 0 Å². The van der Waals surface area contributed by atoms with Crippen LogP contribution in [0.2, 0.25) is 0 Å². The number of rotatable bonds is 4. The van der Waals surface area contributed by atoms with E-state index in [4.69, 9.17) is 10.2 Å².